The summed E-state index contributed by atoms with van der Waals surface area (Å²) >= 11 is 0. The van der Waals surface area contributed by atoms with Gasteiger partial charge in [-0.1, -0.05) is 0 Å². The van der Waals surface area contributed by atoms with Crippen LogP contribution in [-0.4, -0.2) is 46.5 Å². The van der Waals surface area contributed by atoms with Gasteiger partial charge in [-0.15, -0.1) is 0 Å². The highest BCUT2D eigenvalue weighted by molar-refractivity contribution is 5.98. The van der Waals surface area contributed by atoms with Crippen LogP contribution in [0.3, 0.4) is 0 Å². The molecule has 0 spiro atoms. The number of nitriles is 1. The number of fused-ring (bicyclic) bond motifs is 1. The van der Waals surface area contributed by atoms with Crippen LogP contribution in [0.25, 0.3) is 10.9 Å². The molecule has 3 atom stereocenters. The van der Waals surface area contributed by atoms with E-state index in [0.29, 0.717) is 17.8 Å². The van der Waals surface area contributed by atoms with Gasteiger partial charge in [0.2, 0.25) is 11.8 Å². The average molecular weight is 478 g/mol. The second kappa shape index (κ2) is 8.34. The van der Waals surface area contributed by atoms with Gasteiger partial charge < -0.3 is 20.9 Å². The van der Waals surface area contributed by atoms with Gasteiger partial charge in [-0.25, -0.2) is 4.39 Å². The highest BCUT2D eigenvalue weighted by atomic mass is 19.1. The molecule has 4 aliphatic carbocycles. The second-order valence-electron chi connectivity index (χ2n) is 11.5. The summed E-state index contributed by atoms with van der Waals surface area (Å²) in [5.74, 6) is 1.85. The number of amides is 2. The number of alkyl halides is 1. The molecule has 4 saturated carbocycles. The van der Waals surface area contributed by atoms with E-state index >= 15 is 0 Å². The predicted octanol–water partition coefficient (Wildman–Crippen LogP) is 3.66. The minimum Gasteiger partial charge on any atom is -0.361 e. The van der Waals surface area contributed by atoms with Gasteiger partial charge in [0.15, 0.2) is 0 Å². The van der Waals surface area contributed by atoms with Gasteiger partial charge in [-0.2, -0.15) is 5.26 Å². The Hall–Kier alpha value is -2.92. The smallest absolute Gasteiger partial charge is 0.241 e. The number of aromatic amines is 1. The van der Waals surface area contributed by atoms with Gasteiger partial charge in [0.05, 0.1) is 24.1 Å². The number of nitrogens with zero attached hydrogens (tertiary/aromatic N) is 2. The number of nitrogens with two attached hydrogens (primary N) is 1. The third kappa shape index (κ3) is 3.90. The first-order chi connectivity index (χ1) is 16.8. The van der Waals surface area contributed by atoms with Crippen molar-refractivity contribution in [2.24, 2.45) is 28.9 Å². The highest BCUT2D eigenvalue weighted by Crippen LogP contribution is 2.60. The lowest BCUT2D eigenvalue weighted by atomic mass is 9.49. The molecule has 5 fully saturated rings. The summed E-state index contributed by atoms with van der Waals surface area (Å²) in [5.41, 5.74) is 8.51. The molecule has 7 nitrogen and oxygen atoms in total. The first kappa shape index (κ1) is 22.5. The molecule has 2 heterocycles. The lowest BCUT2D eigenvalue weighted by Crippen LogP contribution is -2.51. The van der Waals surface area contributed by atoms with Crippen molar-refractivity contribution >= 4 is 28.4 Å². The van der Waals surface area contributed by atoms with Crippen LogP contribution in [0.15, 0.2) is 24.4 Å². The molecule has 1 aliphatic heterocycles. The van der Waals surface area contributed by atoms with E-state index in [9.17, 15) is 19.2 Å². The van der Waals surface area contributed by atoms with Crippen molar-refractivity contribution in [3.63, 3.8) is 0 Å². The summed E-state index contributed by atoms with van der Waals surface area (Å²) < 4.78 is 13.8. The van der Waals surface area contributed by atoms with Crippen LogP contribution in [0.1, 0.15) is 50.5 Å². The van der Waals surface area contributed by atoms with E-state index in [4.69, 9.17) is 5.73 Å². The Labute approximate surface area is 204 Å². The number of halogens is 1. The molecular formula is C27H32FN5O2. The number of hydrogen-bond donors (Lipinski definition) is 3. The van der Waals surface area contributed by atoms with Gasteiger partial charge in [-0.05, 0) is 86.5 Å². The Balaban J connectivity index is 1.18. The predicted molar refractivity (Wildman–Crippen MR) is 130 cm³/mol. The van der Waals surface area contributed by atoms with E-state index in [-0.39, 0.29) is 30.7 Å². The van der Waals surface area contributed by atoms with Crippen LogP contribution in [-0.2, 0) is 16.0 Å². The molecule has 1 aromatic carbocycles. The third-order valence-electron chi connectivity index (χ3n) is 8.98. The largest absolute Gasteiger partial charge is 0.361 e. The van der Waals surface area contributed by atoms with Crippen LogP contribution in [0.2, 0.25) is 0 Å². The molecule has 3 unspecified atom stereocenters. The summed E-state index contributed by atoms with van der Waals surface area (Å²) in [6.45, 7) is -0.0842. The number of benzene rings is 1. The first-order valence-electron chi connectivity index (χ1n) is 12.8. The fraction of sp³-hybridized carbons (Fsp3) is 0.593. The van der Waals surface area contributed by atoms with E-state index in [1.54, 1.807) is 0 Å². The van der Waals surface area contributed by atoms with E-state index in [0.717, 1.165) is 41.4 Å². The zero-order valence-electron chi connectivity index (χ0n) is 19.8. The lowest BCUT2D eigenvalue weighted by molar-refractivity contribution is -0.140. The Morgan fingerprint density at radius 2 is 1.89 bits per heavy atom. The topological polar surface area (TPSA) is 115 Å². The number of likely N-dealkylation sites (tertiary alicyclic amines) is 1. The van der Waals surface area contributed by atoms with E-state index < -0.39 is 24.2 Å². The van der Waals surface area contributed by atoms with Crippen molar-refractivity contribution in [1.29, 1.82) is 5.26 Å². The number of aromatic nitrogens is 1. The van der Waals surface area contributed by atoms with Gasteiger partial charge >= 0.3 is 0 Å². The Bertz CT molecular complexity index is 1180. The quantitative estimate of drug-likeness (QED) is 0.610. The zero-order chi connectivity index (χ0) is 24.3. The standard InChI is InChI=1S/C27H32FN5O2/c28-19-7-21(12-29)33(14-19)25(34)23(30)6-18-13-31-24-2-1-20(8-22(18)24)32-26(35)27-9-15-3-16(10-27)5-17(4-15)11-27/h1-2,8,13,15-17,19,21,23,31H,3-7,9-11,14,30H2,(H,32,35). The first-order valence-corrected chi connectivity index (χ1v) is 12.8. The molecule has 5 aliphatic rings. The molecule has 8 heteroatoms. The minimum atomic E-state index is -1.19. The number of carbonyl (C=O) groups excluding carboxylic acids is 2. The van der Waals surface area contributed by atoms with Crippen molar-refractivity contribution in [2.45, 2.75) is 69.6 Å². The van der Waals surface area contributed by atoms with Crippen molar-refractivity contribution in [3.8, 4) is 6.07 Å². The fourth-order valence-electron chi connectivity index (χ4n) is 7.77. The summed E-state index contributed by atoms with van der Waals surface area (Å²) in [6.07, 6.45) is 7.86. The maximum atomic E-state index is 13.8. The SMILES string of the molecule is N#CC1CC(F)CN1C(=O)C(N)Cc1c[nH]c2ccc(NC(=O)C34CC5CC(CC(C5)C3)C4)cc12. The lowest BCUT2D eigenvalue weighted by Gasteiger charge is -2.55. The Kier molecular flexibility index (Phi) is 5.37. The average Bonchev–Trinajstić information content (AvgIpc) is 3.40. The van der Waals surface area contributed by atoms with Gasteiger partial charge in [0.1, 0.15) is 12.2 Å². The molecule has 1 saturated heterocycles. The monoisotopic (exact) mass is 477 g/mol. The number of hydrogen-bond acceptors (Lipinski definition) is 4. The van der Waals surface area contributed by atoms with Crippen LogP contribution in [0, 0.1) is 34.5 Å². The molecule has 184 valence electrons. The number of H-pyrrole nitrogens is 1. The number of carbonyl (C=O) groups is 2. The summed E-state index contributed by atoms with van der Waals surface area (Å²) in [6, 6.07) is 6.15. The van der Waals surface area contributed by atoms with Gasteiger partial charge in [0, 0.05) is 29.2 Å². The highest BCUT2D eigenvalue weighted by Gasteiger charge is 2.54. The second-order valence-corrected chi connectivity index (χ2v) is 11.5. The molecule has 7 rings (SSSR count). The molecule has 4 N–H and O–H groups in total. The van der Waals surface area contributed by atoms with Crippen LogP contribution in [0.5, 0.6) is 0 Å². The Morgan fingerprint density at radius 3 is 2.54 bits per heavy atom. The van der Waals surface area contributed by atoms with Crippen molar-refractivity contribution in [2.75, 3.05) is 11.9 Å². The Morgan fingerprint density at radius 1 is 1.20 bits per heavy atom. The number of nitrogens with one attached hydrogen (secondary N) is 2. The van der Waals surface area contributed by atoms with Crippen molar-refractivity contribution < 1.29 is 14.0 Å². The minimum absolute atomic E-state index is 0.0365. The molecular weight excluding hydrogens is 445 g/mol. The van der Waals surface area contributed by atoms with E-state index in [2.05, 4.69) is 10.3 Å². The number of rotatable bonds is 5. The molecule has 4 bridgehead atoms. The van der Waals surface area contributed by atoms with E-state index in [1.807, 2.05) is 30.5 Å². The van der Waals surface area contributed by atoms with Gasteiger partial charge in [0.25, 0.3) is 0 Å². The molecule has 2 aromatic rings. The van der Waals surface area contributed by atoms with E-state index in [1.165, 1.54) is 24.2 Å². The number of anilines is 1. The van der Waals surface area contributed by atoms with Crippen molar-refractivity contribution in [1.82, 2.24) is 9.88 Å². The van der Waals surface area contributed by atoms with Crippen LogP contribution < -0.4 is 11.1 Å². The zero-order valence-corrected chi connectivity index (χ0v) is 19.8. The maximum Gasteiger partial charge on any atom is 0.241 e. The fourth-order valence-corrected chi connectivity index (χ4v) is 7.77. The van der Waals surface area contributed by atoms with Gasteiger partial charge in [-0.3, -0.25) is 9.59 Å². The maximum absolute atomic E-state index is 13.8. The van der Waals surface area contributed by atoms with Crippen LogP contribution >= 0.6 is 0 Å². The summed E-state index contributed by atoms with van der Waals surface area (Å²) in [7, 11) is 0. The molecule has 0 radical (unpaired) electrons. The molecule has 35 heavy (non-hydrogen) atoms. The third-order valence-corrected chi connectivity index (χ3v) is 8.98. The van der Waals surface area contributed by atoms with Crippen molar-refractivity contribution in [3.05, 3.63) is 30.0 Å². The van der Waals surface area contributed by atoms with Crippen LogP contribution in [0.4, 0.5) is 10.1 Å². The summed E-state index contributed by atoms with van der Waals surface area (Å²) in [5, 5.41) is 13.4. The normalized spacial score (nSPS) is 34.2. The molecule has 1 aromatic heterocycles. The summed E-state index contributed by atoms with van der Waals surface area (Å²) in [4.78, 5) is 30.8. The molecule has 2 amide bonds.